The van der Waals surface area contributed by atoms with Gasteiger partial charge in [0.25, 0.3) is 0 Å². The van der Waals surface area contributed by atoms with E-state index in [1.165, 1.54) is 12.8 Å². The molecular weight excluding hydrogens is 194 g/mol. The van der Waals surface area contributed by atoms with Crippen molar-refractivity contribution in [3.8, 4) is 0 Å². The van der Waals surface area contributed by atoms with Gasteiger partial charge in [0, 0.05) is 13.1 Å². The van der Waals surface area contributed by atoms with E-state index >= 15 is 0 Å². The molecule has 1 saturated heterocycles. The van der Waals surface area contributed by atoms with Crippen LogP contribution in [0.25, 0.3) is 0 Å². The fraction of sp³-hybridized carbons (Fsp3) is 0.909. The first-order valence-corrected chi connectivity index (χ1v) is 5.81. The Kier molecular flexibility index (Phi) is 5.65. The van der Waals surface area contributed by atoms with E-state index in [1.54, 1.807) is 0 Å². The van der Waals surface area contributed by atoms with Gasteiger partial charge in [-0.05, 0) is 6.42 Å². The highest BCUT2D eigenvalue weighted by Gasteiger charge is 2.40. The molecule has 1 aliphatic heterocycles. The van der Waals surface area contributed by atoms with Gasteiger partial charge in [-0.2, -0.15) is 0 Å². The second kappa shape index (κ2) is 6.80. The lowest BCUT2D eigenvalue weighted by Gasteiger charge is -2.04. The van der Waals surface area contributed by atoms with E-state index in [2.05, 4.69) is 6.92 Å². The lowest BCUT2D eigenvalue weighted by molar-refractivity contribution is -0.144. The number of carbonyl (C=O) groups excluding carboxylic acids is 1. The number of β-amino-alcohol motifs (C(OH)–C–C–N with tert-alkyl or cyclic N) is 1. The van der Waals surface area contributed by atoms with E-state index in [1.807, 2.05) is 4.90 Å². The van der Waals surface area contributed by atoms with Crippen molar-refractivity contribution in [1.29, 1.82) is 0 Å². The molecule has 0 aromatic heterocycles. The molecule has 1 heterocycles. The van der Waals surface area contributed by atoms with Crippen LogP contribution in [0.3, 0.4) is 0 Å². The van der Waals surface area contributed by atoms with E-state index in [0.29, 0.717) is 13.2 Å². The third-order valence-corrected chi connectivity index (χ3v) is 2.62. The maximum atomic E-state index is 11.4. The fourth-order valence-electron chi connectivity index (χ4n) is 1.57. The molecule has 0 amide bonds. The van der Waals surface area contributed by atoms with E-state index in [0.717, 1.165) is 19.4 Å². The van der Waals surface area contributed by atoms with Crippen LogP contribution in [-0.4, -0.2) is 48.3 Å². The Hall–Kier alpha value is -0.610. The average molecular weight is 215 g/mol. The molecule has 4 nitrogen and oxygen atoms in total. The Morgan fingerprint density at radius 2 is 2.27 bits per heavy atom. The summed E-state index contributed by atoms with van der Waals surface area (Å²) in [4.78, 5) is 13.3. The number of unbranched alkanes of at least 4 members (excludes halogenated alkanes) is 3. The Morgan fingerprint density at radius 3 is 2.93 bits per heavy atom. The molecule has 1 fully saturated rings. The Balaban J connectivity index is 1.96. The third kappa shape index (κ3) is 4.62. The predicted molar refractivity (Wildman–Crippen MR) is 57.5 cm³/mol. The number of nitrogens with zero attached hydrogens (tertiary/aromatic N) is 1. The monoisotopic (exact) mass is 215 g/mol. The standard InChI is InChI=1S/C11H21NO3/c1-2-3-4-5-8-15-11(14)10-9-12(10)6-7-13/h10,13H,2-9H2,1H3. The summed E-state index contributed by atoms with van der Waals surface area (Å²) in [5, 5.41) is 8.66. The number of hydrogen-bond donors (Lipinski definition) is 1. The van der Waals surface area contributed by atoms with Crippen molar-refractivity contribution in [2.45, 2.75) is 38.6 Å². The number of hydrogen-bond acceptors (Lipinski definition) is 4. The quantitative estimate of drug-likeness (QED) is 0.369. The van der Waals surface area contributed by atoms with Gasteiger partial charge in [-0.1, -0.05) is 26.2 Å². The van der Waals surface area contributed by atoms with Crippen molar-refractivity contribution < 1.29 is 14.6 Å². The summed E-state index contributed by atoms with van der Waals surface area (Å²) in [5.41, 5.74) is 0. The van der Waals surface area contributed by atoms with Crippen LogP contribution in [0.5, 0.6) is 0 Å². The molecule has 1 rings (SSSR count). The number of esters is 1. The zero-order valence-corrected chi connectivity index (χ0v) is 9.45. The van der Waals surface area contributed by atoms with Crippen LogP contribution in [0, 0.1) is 0 Å². The van der Waals surface area contributed by atoms with E-state index in [9.17, 15) is 4.79 Å². The normalized spacial score (nSPS) is 23.9. The second-order valence-electron chi connectivity index (χ2n) is 3.96. The number of aliphatic hydroxyl groups is 1. The lowest BCUT2D eigenvalue weighted by Crippen LogP contribution is -2.18. The van der Waals surface area contributed by atoms with E-state index < -0.39 is 0 Å². The zero-order valence-electron chi connectivity index (χ0n) is 9.45. The van der Waals surface area contributed by atoms with E-state index in [4.69, 9.17) is 9.84 Å². The summed E-state index contributed by atoms with van der Waals surface area (Å²) in [6.07, 6.45) is 4.50. The molecule has 88 valence electrons. The number of ether oxygens (including phenoxy) is 1. The van der Waals surface area contributed by atoms with Crippen molar-refractivity contribution >= 4 is 5.97 Å². The molecule has 0 saturated carbocycles. The van der Waals surface area contributed by atoms with Crippen molar-refractivity contribution in [3.05, 3.63) is 0 Å². The fourth-order valence-corrected chi connectivity index (χ4v) is 1.57. The molecule has 15 heavy (non-hydrogen) atoms. The molecule has 0 radical (unpaired) electrons. The molecule has 1 aliphatic rings. The third-order valence-electron chi connectivity index (χ3n) is 2.62. The van der Waals surface area contributed by atoms with Crippen molar-refractivity contribution in [2.75, 3.05) is 26.3 Å². The van der Waals surface area contributed by atoms with Gasteiger partial charge in [0.1, 0.15) is 6.04 Å². The van der Waals surface area contributed by atoms with Gasteiger partial charge < -0.3 is 9.84 Å². The Bertz CT molecular complexity index is 196. The molecule has 0 aromatic rings. The van der Waals surface area contributed by atoms with Crippen LogP contribution < -0.4 is 0 Å². The van der Waals surface area contributed by atoms with Crippen LogP contribution in [0.2, 0.25) is 0 Å². The highest BCUT2D eigenvalue weighted by atomic mass is 16.5. The minimum absolute atomic E-state index is 0.0803. The van der Waals surface area contributed by atoms with Gasteiger partial charge in [-0.25, -0.2) is 0 Å². The highest BCUT2D eigenvalue weighted by molar-refractivity contribution is 5.79. The van der Waals surface area contributed by atoms with Gasteiger partial charge in [0.15, 0.2) is 0 Å². The van der Waals surface area contributed by atoms with Crippen LogP contribution in [0.1, 0.15) is 32.6 Å². The Morgan fingerprint density at radius 1 is 1.47 bits per heavy atom. The first-order valence-electron chi connectivity index (χ1n) is 5.81. The summed E-state index contributed by atoms with van der Waals surface area (Å²) in [5.74, 6) is -0.125. The van der Waals surface area contributed by atoms with Gasteiger partial charge in [0.05, 0.1) is 13.2 Å². The summed E-state index contributed by atoms with van der Waals surface area (Å²) < 4.78 is 5.13. The summed E-state index contributed by atoms with van der Waals surface area (Å²) in [6, 6.07) is -0.0803. The molecule has 1 N–H and O–H groups in total. The largest absolute Gasteiger partial charge is 0.464 e. The maximum Gasteiger partial charge on any atom is 0.324 e. The van der Waals surface area contributed by atoms with Gasteiger partial charge in [0.2, 0.25) is 0 Å². The van der Waals surface area contributed by atoms with Crippen molar-refractivity contribution in [2.24, 2.45) is 0 Å². The minimum Gasteiger partial charge on any atom is -0.464 e. The molecule has 4 heteroatoms. The second-order valence-corrected chi connectivity index (χ2v) is 3.96. The molecule has 0 bridgehead atoms. The van der Waals surface area contributed by atoms with Gasteiger partial charge in [-0.3, -0.25) is 9.69 Å². The van der Waals surface area contributed by atoms with Crippen LogP contribution in [-0.2, 0) is 9.53 Å². The predicted octanol–water partition coefficient (Wildman–Crippen LogP) is 0.786. The smallest absolute Gasteiger partial charge is 0.324 e. The molecule has 0 aliphatic carbocycles. The molecule has 2 unspecified atom stereocenters. The van der Waals surface area contributed by atoms with E-state index in [-0.39, 0.29) is 18.6 Å². The summed E-state index contributed by atoms with van der Waals surface area (Å²) in [6.45, 7) is 4.13. The number of carbonyl (C=O) groups is 1. The molecule has 2 atom stereocenters. The average Bonchev–Trinajstić information content (AvgIpc) is 2.97. The van der Waals surface area contributed by atoms with Gasteiger partial charge in [-0.15, -0.1) is 0 Å². The SMILES string of the molecule is CCCCCCOC(=O)C1CN1CCO. The van der Waals surface area contributed by atoms with Crippen LogP contribution in [0.4, 0.5) is 0 Å². The minimum atomic E-state index is -0.125. The van der Waals surface area contributed by atoms with Crippen molar-refractivity contribution in [3.63, 3.8) is 0 Å². The topological polar surface area (TPSA) is 49.5 Å². The maximum absolute atomic E-state index is 11.4. The summed E-state index contributed by atoms with van der Waals surface area (Å²) >= 11 is 0. The molecule has 0 spiro atoms. The van der Waals surface area contributed by atoms with Crippen molar-refractivity contribution in [1.82, 2.24) is 4.90 Å². The highest BCUT2D eigenvalue weighted by Crippen LogP contribution is 2.17. The molecular formula is C11H21NO3. The first-order chi connectivity index (χ1) is 7.29. The summed E-state index contributed by atoms with van der Waals surface area (Å²) in [7, 11) is 0. The van der Waals surface area contributed by atoms with Crippen LogP contribution >= 0.6 is 0 Å². The molecule has 0 aromatic carbocycles. The Labute approximate surface area is 91.2 Å². The van der Waals surface area contributed by atoms with Crippen LogP contribution in [0.15, 0.2) is 0 Å². The van der Waals surface area contributed by atoms with Gasteiger partial charge >= 0.3 is 5.97 Å². The number of aliphatic hydroxyl groups excluding tert-OH is 1. The number of rotatable bonds is 8. The lowest BCUT2D eigenvalue weighted by atomic mass is 10.2. The zero-order chi connectivity index (χ0) is 11.1. The first kappa shape index (κ1) is 12.5.